The van der Waals surface area contributed by atoms with Gasteiger partial charge in [0, 0.05) is 22.8 Å². The Kier molecular flexibility index (Phi) is 4.12. The predicted molar refractivity (Wildman–Crippen MR) is 79.5 cm³/mol. The monoisotopic (exact) mass is 266 g/mol. The van der Waals surface area contributed by atoms with E-state index in [4.69, 9.17) is 4.98 Å². The van der Waals surface area contributed by atoms with Crippen molar-refractivity contribution in [3.63, 3.8) is 0 Å². The lowest BCUT2D eigenvalue weighted by Crippen LogP contribution is -2.37. The summed E-state index contributed by atoms with van der Waals surface area (Å²) in [6.07, 6.45) is 2.55. The minimum Gasteiger partial charge on any atom is -0.301 e. The molecule has 1 aromatic rings. The molecule has 2 rings (SSSR count). The Morgan fingerprint density at radius 2 is 1.89 bits per heavy atom. The van der Waals surface area contributed by atoms with E-state index in [0.29, 0.717) is 12.0 Å². The van der Waals surface area contributed by atoms with Crippen LogP contribution in [-0.2, 0) is 5.41 Å². The van der Waals surface area contributed by atoms with E-state index in [-0.39, 0.29) is 5.41 Å². The SMILES string of the molecule is CC(C)N1CCC(c2nc(C(C)(C)C)cs2)CC1. The summed E-state index contributed by atoms with van der Waals surface area (Å²) in [6, 6.07) is 0.687. The lowest BCUT2D eigenvalue weighted by Gasteiger charge is -2.33. The van der Waals surface area contributed by atoms with Gasteiger partial charge in [0.2, 0.25) is 0 Å². The van der Waals surface area contributed by atoms with E-state index in [0.717, 1.165) is 0 Å². The summed E-state index contributed by atoms with van der Waals surface area (Å²) in [6.45, 7) is 13.8. The molecule has 0 N–H and O–H groups in total. The molecule has 0 aromatic carbocycles. The van der Waals surface area contributed by atoms with E-state index in [2.05, 4.69) is 44.9 Å². The van der Waals surface area contributed by atoms with Crippen LogP contribution in [0.25, 0.3) is 0 Å². The standard InChI is InChI=1S/C15H26N2S/c1-11(2)17-8-6-12(7-9-17)14-16-13(10-18-14)15(3,4)5/h10-12H,6-9H2,1-5H3. The highest BCUT2D eigenvalue weighted by atomic mass is 32.1. The minimum atomic E-state index is 0.188. The van der Waals surface area contributed by atoms with E-state index in [1.807, 2.05) is 11.3 Å². The Balaban J connectivity index is 2.00. The highest BCUT2D eigenvalue weighted by Crippen LogP contribution is 2.33. The van der Waals surface area contributed by atoms with Gasteiger partial charge in [-0.1, -0.05) is 20.8 Å². The highest BCUT2D eigenvalue weighted by molar-refractivity contribution is 7.09. The first kappa shape index (κ1) is 14.0. The van der Waals surface area contributed by atoms with Crippen LogP contribution < -0.4 is 0 Å². The predicted octanol–water partition coefficient (Wildman–Crippen LogP) is 4.03. The molecule has 0 atom stereocenters. The van der Waals surface area contributed by atoms with E-state index in [9.17, 15) is 0 Å². The Hall–Kier alpha value is -0.410. The molecule has 102 valence electrons. The normalized spacial score (nSPS) is 19.7. The van der Waals surface area contributed by atoms with Gasteiger partial charge in [0.05, 0.1) is 10.7 Å². The lowest BCUT2D eigenvalue weighted by molar-refractivity contribution is 0.171. The molecule has 1 saturated heterocycles. The van der Waals surface area contributed by atoms with Crippen LogP contribution in [0.1, 0.15) is 64.1 Å². The Morgan fingerprint density at radius 3 is 2.33 bits per heavy atom. The molecule has 0 saturated carbocycles. The van der Waals surface area contributed by atoms with Crippen LogP contribution in [0, 0.1) is 0 Å². The van der Waals surface area contributed by atoms with Gasteiger partial charge in [-0.2, -0.15) is 0 Å². The maximum atomic E-state index is 4.88. The highest BCUT2D eigenvalue weighted by Gasteiger charge is 2.25. The molecule has 0 bridgehead atoms. The van der Waals surface area contributed by atoms with Crippen molar-refractivity contribution < 1.29 is 0 Å². The largest absolute Gasteiger partial charge is 0.301 e. The molecule has 2 heterocycles. The lowest BCUT2D eigenvalue weighted by atomic mass is 9.93. The van der Waals surface area contributed by atoms with Gasteiger partial charge in [0.15, 0.2) is 0 Å². The number of aromatic nitrogens is 1. The Morgan fingerprint density at radius 1 is 1.28 bits per heavy atom. The van der Waals surface area contributed by atoms with Crippen molar-refractivity contribution in [2.24, 2.45) is 0 Å². The van der Waals surface area contributed by atoms with Crippen molar-refractivity contribution >= 4 is 11.3 Å². The zero-order chi connectivity index (χ0) is 13.3. The van der Waals surface area contributed by atoms with Crippen LogP contribution in [0.3, 0.4) is 0 Å². The van der Waals surface area contributed by atoms with Gasteiger partial charge in [0.25, 0.3) is 0 Å². The molecular formula is C15H26N2S. The second kappa shape index (κ2) is 5.30. The van der Waals surface area contributed by atoms with Gasteiger partial charge in [-0.25, -0.2) is 4.98 Å². The van der Waals surface area contributed by atoms with Crippen molar-refractivity contribution in [1.29, 1.82) is 0 Å². The molecule has 0 spiro atoms. The molecule has 0 aliphatic carbocycles. The summed E-state index contributed by atoms with van der Waals surface area (Å²) in [5.74, 6) is 0.695. The average molecular weight is 266 g/mol. The van der Waals surface area contributed by atoms with Gasteiger partial charge in [0.1, 0.15) is 0 Å². The molecule has 0 amide bonds. The molecule has 18 heavy (non-hydrogen) atoms. The quantitative estimate of drug-likeness (QED) is 0.803. The first-order valence-electron chi connectivity index (χ1n) is 7.08. The van der Waals surface area contributed by atoms with Crippen LogP contribution in [0.5, 0.6) is 0 Å². The summed E-state index contributed by atoms with van der Waals surface area (Å²) in [5, 5.41) is 3.62. The second-order valence-corrected chi connectivity index (χ2v) is 7.61. The van der Waals surface area contributed by atoms with Gasteiger partial charge < -0.3 is 4.90 Å². The maximum absolute atomic E-state index is 4.88. The van der Waals surface area contributed by atoms with E-state index >= 15 is 0 Å². The molecule has 3 heteroatoms. The zero-order valence-corrected chi connectivity index (χ0v) is 13.2. The molecule has 0 radical (unpaired) electrons. The van der Waals surface area contributed by atoms with Crippen LogP contribution in [0.2, 0.25) is 0 Å². The second-order valence-electron chi connectivity index (χ2n) is 6.72. The van der Waals surface area contributed by atoms with Crippen LogP contribution in [0.15, 0.2) is 5.38 Å². The van der Waals surface area contributed by atoms with Crippen molar-refractivity contribution in [2.45, 2.75) is 64.8 Å². The molecule has 1 aliphatic heterocycles. The molecule has 1 aromatic heterocycles. The van der Waals surface area contributed by atoms with Crippen LogP contribution in [0.4, 0.5) is 0 Å². The number of thiazole rings is 1. The average Bonchev–Trinajstić information content (AvgIpc) is 2.78. The van der Waals surface area contributed by atoms with Crippen molar-refractivity contribution in [3.05, 3.63) is 16.1 Å². The summed E-state index contributed by atoms with van der Waals surface area (Å²) in [4.78, 5) is 7.45. The fourth-order valence-corrected chi connectivity index (χ4v) is 3.70. The first-order valence-corrected chi connectivity index (χ1v) is 7.96. The third kappa shape index (κ3) is 3.12. The van der Waals surface area contributed by atoms with Crippen LogP contribution >= 0.6 is 11.3 Å². The summed E-state index contributed by atoms with van der Waals surface area (Å²) in [7, 11) is 0. The zero-order valence-electron chi connectivity index (χ0n) is 12.4. The topological polar surface area (TPSA) is 16.1 Å². The summed E-state index contributed by atoms with van der Waals surface area (Å²) >= 11 is 1.86. The molecular weight excluding hydrogens is 240 g/mol. The third-order valence-corrected chi connectivity index (χ3v) is 4.91. The minimum absolute atomic E-state index is 0.188. The number of hydrogen-bond donors (Lipinski definition) is 0. The number of nitrogens with zero attached hydrogens (tertiary/aromatic N) is 2. The first-order chi connectivity index (χ1) is 8.38. The number of hydrogen-bond acceptors (Lipinski definition) is 3. The van der Waals surface area contributed by atoms with Crippen LogP contribution in [-0.4, -0.2) is 29.0 Å². The Bertz CT molecular complexity index is 381. The number of rotatable bonds is 2. The summed E-state index contributed by atoms with van der Waals surface area (Å²) in [5.41, 5.74) is 1.45. The van der Waals surface area contributed by atoms with Gasteiger partial charge in [-0.05, 0) is 39.8 Å². The fourth-order valence-electron chi connectivity index (χ4n) is 2.48. The van der Waals surface area contributed by atoms with Gasteiger partial charge in [-0.15, -0.1) is 11.3 Å². The van der Waals surface area contributed by atoms with E-state index in [1.165, 1.54) is 36.6 Å². The summed E-state index contributed by atoms with van der Waals surface area (Å²) < 4.78 is 0. The van der Waals surface area contributed by atoms with Gasteiger partial charge >= 0.3 is 0 Å². The molecule has 1 fully saturated rings. The maximum Gasteiger partial charge on any atom is 0.0960 e. The molecule has 2 nitrogen and oxygen atoms in total. The number of piperidine rings is 1. The van der Waals surface area contributed by atoms with Crippen molar-refractivity contribution in [3.8, 4) is 0 Å². The smallest absolute Gasteiger partial charge is 0.0960 e. The molecule has 0 unspecified atom stereocenters. The van der Waals surface area contributed by atoms with E-state index in [1.54, 1.807) is 0 Å². The molecule has 1 aliphatic rings. The van der Waals surface area contributed by atoms with Crippen molar-refractivity contribution in [1.82, 2.24) is 9.88 Å². The van der Waals surface area contributed by atoms with E-state index < -0.39 is 0 Å². The van der Waals surface area contributed by atoms with Crippen molar-refractivity contribution in [2.75, 3.05) is 13.1 Å². The van der Waals surface area contributed by atoms with Gasteiger partial charge in [-0.3, -0.25) is 0 Å². The Labute approximate surface area is 115 Å². The number of likely N-dealkylation sites (tertiary alicyclic amines) is 1. The third-order valence-electron chi connectivity index (χ3n) is 3.90. The fraction of sp³-hybridized carbons (Fsp3) is 0.800.